The number of carbonyl (C=O) groups is 1. The van der Waals surface area contributed by atoms with E-state index < -0.39 is 0 Å². The van der Waals surface area contributed by atoms with E-state index in [9.17, 15) is 4.79 Å². The Kier molecular flexibility index (Phi) is 3.85. The van der Waals surface area contributed by atoms with Crippen LogP contribution in [0.3, 0.4) is 0 Å². The number of nitrogens with zero attached hydrogens (tertiary/aromatic N) is 1. The zero-order valence-corrected chi connectivity index (χ0v) is 12.3. The van der Waals surface area contributed by atoms with Crippen molar-refractivity contribution < 1.29 is 4.79 Å². The molecular formula is C16H18N2OS. The molecule has 3 nitrogen and oxygen atoms in total. The van der Waals surface area contributed by atoms with Crippen LogP contribution in [-0.4, -0.2) is 23.4 Å². The Morgan fingerprint density at radius 3 is 2.90 bits per heavy atom. The van der Waals surface area contributed by atoms with Gasteiger partial charge in [0.15, 0.2) is 0 Å². The van der Waals surface area contributed by atoms with Crippen LogP contribution in [0, 0.1) is 0 Å². The van der Waals surface area contributed by atoms with Gasteiger partial charge in [-0.05, 0) is 42.5 Å². The van der Waals surface area contributed by atoms with Gasteiger partial charge >= 0.3 is 0 Å². The Bertz CT molecular complexity index is 594. The average molecular weight is 286 g/mol. The molecule has 0 saturated carbocycles. The summed E-state index contributed by atoms with van der Waals surface area (Å²) in [6.07, 6.45) is 1.05. The number of anilines is 1. The molecule has 2 aromatic rings. The minimum Gasteiger partial charge on any atom is -0.325 e. The number of thiophene rings is 1. The molecule has 0 spiro atoms. The molecule has 0 radical (unpaired) electrons. The Balaban J connectivity index is 1.64. The molecule has 1 aromatic carbocycles. The lowest BCUT2D eigenvalue weighted by Gasteiger charge is -2.31. The summed E-state index contributed by atoms with van der Waals surface area (Å²) < 4.78 is 0. The predicted octanol–water partition coefficient (Wildman–Crippen LogP) is 3.13. The third-order valence-corrected chi connectivity index (χ3v) is 4.83. The van der Waals surface area contributed by atoms with Gasteiger partial charge in [-0.1, -0.05) is 18.2 Å². The molecule has 1 aliphatic heterocycles. The van der Waals surface area contributed by atoms with Crippen LogP contribution < -0.4 is 5.32 Å². The summed E-state index contributed by atoms with van der Waals surface area (Å²) >= 11 is 1.82. The van der Waals surface area contributed by atoms with Crippen LogP contribution in [0.25, 0.3) is 0 Å². The van der Waals surface area contributed by atoms with Crippen molar-refractivity contribution in [2.45, 2.75) is 25.9 Å². The summed E-state index contributed by atoms with van der Waals surface area (Å²) in [5.74, 6) is 0.0647. The standard InChI is InChI=1S/C16H18N2OS/c1-12(16(19)17-14-5-3-2-4-6-14)18-9-7-15-13(11-18)8-10-20-15/h2-6,8,10,12H,7,9,11H2,1H3,(H,17,19)/t12-/m0/s1. The predicted molar refractivity (Wildman–Crippen MR) is 83.0 cm³/mol. The number of fused-ring (bicyclic) bond motifs is 1. The van der Waals surface area contributed by atoms with E-state index >= 15 is 0 Å². The number of para-hydroxylation sites is 1. The van der Waals surface area contributed by atoms with Crippen LogP contribution in [-0.2, 0) is 17.8 Å². The van der Waals surface area contributed by atoms with E-state index in [2.05, 4.69) is 21.7 Å². The first-order valence-electron chi connectivity index (χ1n) is 6.89. The first kappa shape index (κ1) is 13.3. The Labute approximate surface area is 123 Å². The summed E-state index contributed by atoms with van der Waals surface area (Å²) in [6, 6.07) is 11.7. The molecule has 2 heterocycles. The van der Waals surface area contributed by atoms with Gasteiger partial charge in [-0.15, -0.1) is 11.3 Å². The van der Waals surface area contributed by atoms with Gasteiger partial charge in [0.25, 0.3) is 0 Å². The van der Waals surface area contributed by atoms with E-state index in [0.29, 0.717) is 0 Å². The quantitative estimate of drug-likeness (QED) is 0.940. The highest BCUT2D eigenvalue weighted by molar-refractivity contribution is 7.10. The minimum atomic E-state index is -0.108. The van der Waals surface area contributed by atoms with Gasteiger partial charge < -0.3 is 5.32 Å². The van der Waals surface area contributed by atoms with Crippen LogP contribution in [0.1, 0.15) is 17.4 Å². The maximum atomic E-state index is 12.3. The normalized spacial score (nSPS) is 16.4. The van der Waals surface area contributed by atoms with Crippen molar-refractivity contribution >= 4 is 22.9 Å². The lowest BCUT2D eigenvalue weighted by molar-refractivity contribution is -0.121. The van der Waals surface area contributed by atoms with Crippen molar-refractivity contribution in [3.63, 3.8) is 0 Å². The molecule has 0 saturated heterocycles. The summed E-state index contributed by atoms with van der Waals surface area (Å²) in [5, 5.41) is 5.12. The molecule has 1 aromatic heterocycles. The first-order valence-corrected chi connectivity index (χ1v) is 7.77. The number of carbonyl (C=O) groups excluding carboxylic acids is 1. The second-order valence-electron chi connectivity index (χ2n) is 5.12. The fraction of sp³-hybridized carbons (Fsp3) is 0.312. The summed E-state index contributed by atoms with van der Waals surface area (Å²) in [7, 11) is 0. The van der Waals surface area contributed by atoms with E-state index in [-0.39, 0.29) is 11.9 Å². The molecule has 0 bridgehead atoms. The van der Waals surface area contributed by atoms with Gasteiger partial charge in [-0.2, -0.15) is 0 Å². The molecule has 0 aliphatic carbocycles. The second kappa shape index (κ2) is 5.77. The van der Waals surface area contributed by atoms with E-state index in [1.54, 1.807) is 0 Å². The average Bonchev–Trinajstić information content (AvgIpc) is 2.94. The molecule has 104 valence electrons. The fourth-order valence-corrected chi connectivity index (χ4v) is 3.42. The number of benzene rings is 1. The van der Waals surface area contributed by atoms with Crippen molar-refractivity contribution in [3.8, 4) is 0 Å². The highest BCUT2D eigenvalue weighted by Gasteiger charge is 2.25. The monoisotopic (exact) mass is 286 g/mol. The zero-order valence-electron chi connectivity index (χ0n) is 11.5. The molecule has 1 atom stereocenters. The van der Waals surface area contributed by atoms with Gasteiger partial charge in [0.2, 0.25) is 5.91 Å². The Hall–Kier alpha value is -1.65. The third kappa shape index (κ3) is 2.76. The van der Waals surface area contributed by atoms with Crippen LogP contribution >= 0.6 is 11.3 Å². The molecule has 3 rings (SSSR count). The van der Waals surface area contributed by atoms with Crippen molar-refractivity contribution in [3.05, 3.63) is 52.2 Å². The Morgan fingerprint density at radius 1 is 1.30 bits per heavy atom. The topological polar surface area (TPSA) is 32.3 Å². The molecule has 0 unspecified atom stereocenters. The lowest BCUT2D eigenvalue weighted by Crippen LogP contribution is -2.44. The van der Waals surface area contributed by atoms with Crippen LogP contribution in [0.4, 0.5) is 5.69 Å². The van der Waals surface area contributed by atoms with E-state index in [1.807, 2.05) is 48.6 Å². The maximum Gasteiger partial charge on any atom is 0.241 e. The second-order valence-corrected chi connectivity index (χ2v) is 6.12. The van der Waals surface area contributed by atoms with Crippen molar-refractivity contribution in [2.24, 2.45) is 0 Å². The number of nitrogens with one attached hydrogen (secondary N) is 1. The van der Waals surface area contributed by atoms with Crippen molar-refractivity contribution in [2.75, 3.05) is 11.9 Å². The van der Waals surface area contributed by atoms with Crippen LogP contribution in [0.15, 0.2) is 41.8 Å². The van der Waals surface area contributed by atoms with E-state index in [4.69, 9.17) is 0 Å². The number of hydrogen-bond donors (Lipinski definition) is 1. The van der Waals surface area contributed by atoms with Crippen LogP contribution in [0.5, 0.6) is 0 Å². The molecule has 20 heavy (non-hydrogen) atoms. The molecule has 0 fully saturated rings. The highest BCUT2D eigenvalue weighted by Crippen LogP contribution is 2.25. The number of amides is 1. The smallest absolute Gasteiger partial charge is 0.241 e. The van der Waals surface area contributed by atoms with E-state index in [1.165, 1.54) is 10.4 Å². The fourth-order valence-electron chi connectivity index (χ4n) is 2.53. The largest absolute Gasteiger partial charge is 0.325 e. The first-order chi connectivity index (χ1) is 9.74. The maximum absolute atomic E-state index is 12.3. The summed E-state index contributed by atoms with van der Waals surface area (Å²) in [6.45, 7) is 3.81. The van der Waals surface area contributed by atoms with Crippen molar-refractivity contribution in [1.29, 1.82) is 0 Å². The van der Waals surface area contributed by atoms with Crippen molar-refractivity contribution in [1.82, 2.24) is 4.90 Å². The molecule has 1 N–H and O–H groups in total. The zero-order chi connectivity index (χ0) is 13.9. The Morgan fingerprint density at radius 2 is 2.10 bits per heavy atom. The summed E-state index contributed by atoms with van der Waals surface area (Å²) in [5.41, 5.74) is 2.23. The van der Waals surface area contributed by atoms with Gasteiger partial charge in [-0.25, -0.2) is 0 Å². The third-order valence-electron chi connectivity index (χ3n) is 3.81. The molecule has 4 heteroatoms. The van der Waals surface area contributed by atoms with E-state index in [0.717, 1.165) is 25.2 Å². The van der Waals surface area contributed by atoms with Gasteiger partial charge in [-0.3, -0.25) is 9.69 Å². The van der Waals surface area contributed by atoms with Crippen LogP contribution in [0.2, 0.25) is 0 Å². The molecule has 1 amide bonds. The minimum absolute atomic E-state index is 0.0647. The van der Waals surface area contributed by atoms with Gasteiger partial charge in [0.1, 0.15) is 0 Å². The van der Waals surface area contributed by atoms with Gasteiger partial charge in [0, 0.05) is 23.7 Å². The number of hydrogen-bond acceptors (Lipinski definition) is 3. The molecular weight excluding hydrogens is 268 g/mol. The number of rotatable bonds is 3. The highest BCUT2D eigenvalue weighted by atomic mass is 32.1. The lowest BCUT2D eigenvalue weighted by atomic mass is 10.1. The molecule has 1 aliphatic rings. The van der Waals surface area contributed by atoms with Gasteiger partial charge in [0.05, 0.1) is 6.04 Å². The SMILES string of the molecule is C[C@@H](C(=O)Nc1ccccc1)N1CCc2sccc2C1. The summed E-state index contributed by atoms with van der Waals surface area (Å²) in [4.78, 5) is 16.0.